The average Bonchev–Trinajstić information content (AvgIpc) is 2.76. The maximum absolute atomic E-state index is 2.53. The summed E-state index contributed by atoms with van der Waals surface area (Å²) in [6.07, 6.45) is 16.5. The van der Waals surface area contributed by atoms with Crippen LogP contribution in [0.4, 0.5) is 0 Å². The molecule has 0 radical (unpaired) electrons. The van der Waals surface area contributed by atoms with Gasteiger partial charge in [0.15, 0.2) is 0 Å². The molecule has 0 aromatic heterocycles. The molecule has 0 unspecified atom stereocenters. The lowest BCUT2D eigenvalue weighted by Gasteiger charge is -2.29. The molecule has 0 bridgehead atoms. The Hall–Kier alpha value is -0.560. The molecule has 0 N–H and O–H groups in total. The summed E-state index contributed by atoms with van der Waals surface area (Å²) >= 11 is 0. The van der Waals surface area contributed by atoms with E-state index in [1.165, 1.54) is 58.0 Å². The second kappa shape index (κ2) is 7.71. The monoisotopic (exact) mass is 236 g/mol. The maximum Gasteiger partial charge on any atom is 0.104 e. The first-order valence-corrected chi connectivity index (χ1v) is 7.53. The van der Waals surface area contributed by atoms with Crippen LogP contribution in [0.15, 0.2) is 24.0 Å². The molecule has 0 saturated carbocycles. The lowest BCUT2D eigenvalue weighted by Crippen LogP contribution is -2.37. The van der Waals surface area contributed by atoms with Crippen LogP contribution in [0.5, 0.6) is 0 Å². The van der Waals surface area contributed by atoms with E-state index in [0.717, 1.165) is 4.48 Å². The van der Waals surface area contributed by atoms with E-state index in [1.807, 2.05) is 0 Å². The second-order valence-corrected chi connectivity index (χ2v) is 5.38. The zero-order chi connectivity index (χ0) is 12.6. The maximum atomic E-state index is 2.53. The zero-order valence-corrected chi connectivity index (χ0v) is 12.0. The number of hydrogen-bond acceptors (Lipinski definition) is 0. The predicted molar refractivity (Wildman–Crippen MR) is 76.6 cm³/mol. The fourth-order valence-electron chi connectivity index (χ4n) is 2.48. The van der Waals surface area contributed by atoms with E-state index in [1.54, 1.807) is 5.57 Å². The number of allylic oxidation sites excluding steroid dienone is 2. The van der Waals surface area contributed by atoms with Gasteiger partial charge in [0.1, 0.15) is 12.4 Å². The molecule has 1 heterocycles. The van der Waals surface area contributed by atoms with Crippen molar-refractivity contribution in [2.24, 2.45) is 0 Å². The molecule has 0 aliphatic carbocycles. The molecule has 0 fully saturated rings. The smallest absolute Gasteiger partial charge is 0.104 e. The first-order chi connectivity index (χ1) is 8.26. The molecule has 0 spiro atoms. The minimum atomic E-state index is 1.13. The molecule has 0 amide bonds. The van der Waals surface area contributed by atoms with Crippen LogP contribution in [0.1, 0.15) is 65.7 Å². The summed E-state index contributed by atoms with van der Waals surface area (Å²) in [5.74, 6) is 0. The molecular formula is C16H30N+. The standard InChI is InChI=1S/C16H30N/c1-4-7-10-16-11-14-17(15-16,12-8-5-2)13-9-6-3/h11,14-15H,4-10,12-13H2,1-3H3/q+1. The van der Waals surface area contributed by atoms with E-state index >= 15 is 0 Å². The molecule has 98 valence electrons. The highest BCUT2D eigenvalue weighted by molar-refractivity contribution is 5.19. The van der Waals surface area contributed by atoms with E-state index in [0.29, 0.717) is 0 Å². The van der Waals surface area contributed by atoms with Crippen molar-refractivity contribution in [3.63, 3.8) is 0 Å². The largest absolute Gasteiger partial charge is 0.271 e. The summed E-state index contributed by atoms with van der Waals surface area (Å²) in [7, 11) is 0. The number of hydrogen-bond donors (Lipinski definition) is 0. The Morgan fingerprint density at radius 2 is 1.47 bits per heavy atom. The topological polar surface area (TPSA) is 0 Å². The van der Waals surface area contributed by atoms with Crippen molar-refractivity contribution >= 4 is 0 Å². The van der Waals surface area contributed by atoms with Crippen LogP contribution in [0.3, 0.4) is 0 Å². The third-order valence-corrected chi connectivity index (χ3v) is 3.68. The Balaban J connectivity index is 2.59. The van der Waals surface area contributed by atoms with Gasteiger partial charge in [-0.25, -0.2) is 0 Å². The summed E-state index contributed by atoms with van der Waals surface area (Å²) in [4.78, 5) is 0. The number of rotatable bonds is 9. The van der Waals surface area contributed by atoms with Crippen molar-refractivity contribution in [3.8, 4) is 0 Å². The van der Waals surface area contributed by atoms with E-state index in [2.05, 4.69) is 39.2 Å². The summed E-state index contributed by atoms with van der Waals surface area (Å²) in [6.45, 7) is 9.44. The number of nitrogens with zero attached hydrogens (tertiary/aromatic N) is 1. The van der Waals surface area contributed by atoms with Gasteiger partial charge in [-0.2, -0.15) is 0 Å². The van der Waals surface area contributed by atoms with Gasteiger partial charge in [0, 0.05) is 11.6 Å². The molecule has 1 rings (SSSR count). The van der Waals surface area contributed by atoms with Crippen molar-refractivity contribution in [3.05, 3.63) is 24.0 Å². The van der Waals surface area contributed by atoms with Crippen LogP contribution < -0.4 is 0 Å². The van der Waals surface area contributed by atoms with Gasteiger partial charge < -0.3 is 0 Å². The van der Waals surface area contributed by atoms with Crippen molar-refractivity contribution in [2.45, 2.75) is 65.7 Å². The van der Waals surface area contributed by atoms with Crippen molar-refractivity contribution in [1.82, 2.24) is 0 Å². The van der Waals surface area contributed by atoms with Gasteiger partial charge in [0.05, 0.1) is 13.1 Å². The first-order valence-electron chi connectivity index (χ1n) is 7.53. The summed E-state index contributed by atoms with van der Waals surface area (Å²) in [5.41, 5.74) is 1.57. The minimum Gasteiger partial charge on any atom is -0.271 e. The highest BCUT2D eigenvalue weighted by Gasteiger charge is 2.26. The molecule has 0 aromatic carbocycles. The normalized spacial score (nSPS) is 17.5. The minimum absolute atomic E-state index is 1.13. The summed E-state index contributed by atoms with van der Waals surface area (Å²) in [5, 5.41) is 0. The predicted octanol–water partition coefficient (Wildman–Crippen LogP) is 5.00. The highest BCUT2D eigenvalue weighted by atomic mass is 15.3. The van der Waals surface area contributed by atoms with Crippen molar-refractivity contribution in [2.75, 3.05) is 13.1 Å². The highest BCUT2D eigenvalue weighted by Crippen LogP contribution is 2.26. The van der Waals surface area contributed by atoms with E-state index in [-0.39, 0.29) is 0 Å². The second-order valence-electron chi connectivity index (χ2n) is 5.38. The van der Waals surface area contributed by atoms with E-state index in [4.69, 9.17) is 0 Å². The van der Waals surface area contributed by atoms with Gasteiger partial charge in [0.25, 0.3) is 0 Å². The van der Waals surface area contributed by atoms with Gasteiger partial charge in [-0.05, 0) is 25.7 Å². The van der Waals surface area contributed by atoms with Crippen LogP contribution in [0.2, 0.25) is 0 Å². The molecule has 1 nitrogen and oxygen atoms in total. The van der Waals surface area contributed by atoms with Crippen LogP contribution in [-0.4, -0.2) is 17.6 Å². The summed E-state index contributed by atoms with van der Waals surface area (Å²) in [6, 6.07) is 0. The Kier molecular flexibility index (Phi) is 6.57. The Bertz CT molecular complexity index is 255. The molecule has 1 aliphatic rings. The first kappa shape index (κ1) is 14.5. The third-order valence-electron chi connectivity index (χ3n) is 3.68. The molecule has 0 aromatic rings. The Labute approximate surface area is 108 Å². The van der Waals surface area contributed by atoms with Crippen LogP contribution in [0.25, 0.3) is 0 Å². The Morgan fingerprint density at radius 1 is 0.882 bits per heavy atom. The lowest BCUT2D eigenvalue weighted by molar-refractivity contribution is -0.826. The fourth-order valence-corrected chi connectivity index (χ4v) is 2.48. The average molecular weight is 236 g/mol. The molecule has 17 heavy (non-hydrogen) atoms. The van der Waals surface area contributed by atoms with Crippen LogP contribution in [-0.2, 0) is 0 Å². The van der Waals surface area contributed by atoms with Gasteiger partial charge in [0.2, 0.25) is 0 Å². The molecular weight excluding hydrogens is 206 g/mol. The van der Waals surface area contributed by atoms with Gasteiger partial charge in [-0.3, -0.25) is 4.48 Å². The van der Waals surface area contributed by atoms with E-state index < -0.39 is 0 Å². The van der Waals surface area contributed by atoms with Crippen molar-refractivity contribution in [1.29, 1.82) is 0 Å². The van der Waals surface area contributed by atoms with E-state index in [9.17, 15) is 0 Å². The van der Waals surface area contributed by atoms with Gasteiger partial charge in [-0.15, -0.1) is 0 Å². The SMILES string of the molecule is CCCCC1=C[N+](CCCC)(CCCC)C=C1. The fraction of sp³-hybridized carbons (Fsp3) is 0.750. The van der Waals surface area contributed by atoms with Crippen LogP contribution in [0, 0.1) is 0 Å². The zero-order valence-electron chi connectivity index (χ0n) is 12.0. The summed E-state index contributed by atoms with van der Waals surface area (Å²) < 4.78 is 1.13. The number of quaternary nitrogens is 1. The number of unbranched alkanes of at least 4 members (excludes halogenated alkanes) is 3. The Morgan fingerprint density at radius 3 is 2.00 bits per heavy atom. The van der Waals surface area contributed by atoms with Crippen LogP contribution >= 0.6 is 0 Å². The molecule has 1 aliphatic heterocycles. The third kappa shape index (κ3) is 4.67. The lowest BCUT2D eigenvalue weighted by atomic mass is 10.1. The van der Waals surface area contributed by atoms with Crippen molar-refractivity contribution < 1.29 is 4.48 Å². The molecule has 1 heteroatoms. The van der Waals surface area contributed by atoms with Gasteiger partial charge in [-0.1, -0.05) is 40.0 Å². The molecule has 0 saturated heterocycles. The molecule has 0 atom stereocenters. The quantitative estimate of drug-likeness (QED) is 0.494. The van der Waals surface area contributed by atoms with Gasteiger partial charge >= 0.3 is 0 Å².